The van der Waals surface area contributed by atoms with Crippen LogP contribution >= 0.6 is 0 Å². The molecule has 0 radical (unpaired) electrons. The van der Waals surface area contributed by atoms with Gasteiger partial charge < -0.3 is 9.32 Å². The van der Waals surface area contributed by atoms with Crippen LogP contribution in [0.4, 0.5) is 10.4 Å². The van der Waals surface area contributed by atoms with E-state index in [-0.39, 0.29) is 11.4 Å². The number of piperazine rings is 1. The third-order valence-corrected chi connectivity index (χ3v) is 5.63. The van der Waals surface area contributed by atoms with Crippen LogP contribution in [0.15, 0.2) is 33.5 Å². The summed E-state index contributed by atoms with van der Waals surface area (Å²) in [6, 6.07) is 6.67. The second kappa shape index (κ2) is 7.01. The molecule has 0 spiro atoms. The molecule has 28 heavy (non-hydrogen) atoms. The molecular weight excluding hydrogens is 361 g/mol. The highest BCUT2D eigenvalue weighted by Gasteiger charge is 2.22. The average molecular weight is 383 g/mol. The van der Waals surface area contributed by atoms with Gasteiger partial charge in [0, 0.05) is 44.9 Å². The van der Waals surface area contributed by atoms with Crippen molar-refractivity contribution in [1.82, 2.24) is 19.7 Å². The Hall–Kier alpha value is -2.74. The normalized spacial score (nSPS) is 17.4. The molecule has 1 aliphatic carbocycles. The van der Waals surface area contributed by atoms with Gasteiger partial charge in [-0.15, -0.1) is 0 Å². The summed E-state index contributed by atoms with van der Waals surface area (Å²) >= 11 is 0. The molecule has 0 atom stereocenters. The van der Waals surface area contributed by atoms with E-state index in [4.69, 9.17) is 4.42 Å². The van der Waals surface area contributed by atoms with E-state index in [1.165, 1.54) is 12.1 Å². The maximum atomic E-state index is 13.3. The Labute approximate surface area is 161 Å². The van der Waals surface area contributed by atoms with Gasteiger partial charge in [0.1, 0.15) is 11.3 Å². The molecule has 5 rings (SSSR count). The number of oxazole rings is 1. The number of hydrogen-bond donors (Lipinski definition) is 0. The van der Waals surface area contributed by atoms with Gasteiger partial charge in [0.2, 0.25) is 0 Å². The molecule has 0 unspecified atom stereocenters. The average Bonchev–Trinajstić information content (AvgIpc) is 3.32. The van der Waals surface area contributed by atoms with Crippen molar-refractivity contribution in [3.05, 3.63) is 51.7 Å². The van der Waals surface area contributed by atoms with Gasteiger partial charge in [0.05, 0.1) is 12.2 Å². The zero-order valence-corrected chi connectivity index (χ0v) is 15.6. The van der Waals surface area contributed by atoms with Gasteiger partial charge in [-0.2, -0.15) is 10.1 Å². The molecule has 146 valence electrons. The van der Waals surface area contributed by atoms with Gasteiger partial charge in [-0.25, -0.2) is 9.07 Å². The first-order valence-corrected chi connectivity index (χ1v) is 9.79. The lowest BCUT2D eigenvalue weighted by Gasteiger charge is -2.33. The number of fused-ring (bicyclic) bond motifs is 2. The minimum atomic E-state index is -0.312. The zero-order chi connectivity index (χ0) is 19.1. The monoisotopic (exact) mass is 383 g/mol. The molecule has 1 saturated heterocycles. The standard InChI is InChI=1S/C20H22FN5O2/c21-15-4-5-18-17(13-15)22-20(28-18)25-9-6-24(7-10-25)8-11-26-19(27)12-14-2-1-3-16(14)23-26/h4-5,12-13H,1-3,6-11H2. The Morgan fingerprint density at radius 3 is 2.79 bits per heavy atom. The Kier molecular flexibility index (Phi) is 4.35. The summed E-state index contributed by atoms with van der Waals surface area (Å²) in [6.45, 7) is 4.66. The highest BCUT2D eigenvalue weighted by atomic mass is 19.1. The van der Waals surface area contributed by atoms with Crippen molar-refractivity contribution in [2.75, 3.05) is 37.6 Å². The number of hydrogen-bond acceptors (Lipinski definition) is 6. The molecule has 1 aromatic carbocycles. The first kappa shape index (κ1) is 17.4. The Morgan fingerprint density at radius 1 is 1.07 bits per heavy atom. The molecule has 0 amide bonds. The molecule has 2 aromatic heterocycles. The van der Waals surface area contributed by atoms with Crippen LogP contribution in [0.2, 0.25) is 0 Å². The topological polar surface area (TPSA) is 67.4 Å². The third kappa shape index (κ3) is 3.28. The maximum absolute atomic E-state index is 13.3. The van der Waals surface area contributed by atoms with E-state index in [9.17, 15) is 9.18 Å². The van der Waals surface area contributed by atoms with E-state index in [1.54, 1.807) is 16.8 Å². The lowest BCUT2D eigenvalue weighted by Crippen LogP contribution is -2.47. The number of benzene rings is 1. The summed E-state index contributed by atoms with van der Waals surface area (Å²) in [5.41, 5.74) is 3.34. The predicted octanol–water partition coefficient (Wildman–Crippen LogP) is 1.83. The minimum absolute atomic E-state index is 0.00186. The van der Waals surface area contributed by atoms with Crippen molar-refractivity contribution in [3.8, 4) is 0 Å². The van der Waals surface area contributed by atoms with Crippen LogP contribution in [0.1, 0.15) is 17.7 Å². The summed E-state index contributed by atoms with van der Waals surface area (Å²) < 4.78 is 20.7. The number of anilines is 1. The predicted molar refractivity (Wildman–Crippen MR) is 103 cm³/mol. The van der Waals surface area contributed by atoms with Gasteiger partial charge >= 0.3 is 0 Å². The van der Waals surface area contributed by atoms with E-state index in [0.717, 1.165) is 63.2 Å². The quantitative estimate of drug-likeness (QED) is 0.685. The summed E-state index contributed by atoms with van der Waals surface area (Å²) in [4.78, 5) is 21.0. The van der Waals surface area contributed by atoms with Crippen LogP contribution in [0.25, 0.3) is 11.1 Å². The molecular formula is C20H22FN5O2. The fourth-order valence-corrected chi connectivity index (χ4v) is 4.02. The van der Waals surface area contributed by atoms with Gasteiger partial charge in [0.15, 0.2) is 5.58 Å². The third-order valence-electron chi connectivity index (χ3n) is 5.63. The van der Waals surface area contributed by atoms with E-state index < -0.39 is 0 Å². The lowest BCUT2D eigenvalue weighted by molar-refractivity contribution is 0.238. The second-order valence-corrected chi connectivity index (χ2v) is 7.47. The molecule has 3 heterocycles. The molecule has 8 heteroatoms. The molecule has 1 fully saturated rings. The van der Waals surface area contributed by atoms with E-state index >= 15 is 0 Å². The fourth-order valence-electron chi connectivity index (χ4n) is 4.02. The summed E-state index contributed by atoms with van der Waals surface area (Å²) in [6.07, 6.45) is 3.04. The molecule has 2 aliphatic rings. The van der Waals surface area contributed by atoms with Gasteiger partial charge in [0.25, 0.3) is 11.6 Å². The zero-order valence-electron chi connectivity index (χ0n) is 15.6. The van der Waals surface area contributed by atoms with Crippen molar-refractivity contribution in [2.45, 2.75) is 25.8 Å². The fraction of sp³-hybridized carbons (Fsp3) is 0.450. The van der Waals surface area contributed by atoms with Crippen LogP contribution in [-0.4, -0.2) is 52.4 Å². The van der Waals surface area contributed by atoms with Crippen LogP contribution < -0.4 is 10.5 Å². The SMILES string of the molecule is O=c1cc2c(nn1CCN1CCN(c3nc4cc(F)ccc4o3)CC1)CCC2. The van der Waals surface area contributed by atoms with Gasteiger partial charge in [-0.1, -0.05) is 0 Å². The molecule has 1 aliphatic heterocycles. The van der Waals surface area contributed by atoms with Crippen molar-refractivity contribution in [3.63, 3.8) is 0 Å². The van der Waals surface area contributed by atoms with E-state index in [0.29, 0.717) is 23.7 Å². The molecule has 0 bridgehead atoms. The summed E-state index contributed by atoms with van der Waals surface area (Å²) in [5.74, 6) is -0.312. The number of halogens is 1. The van der Waals surface area contributed by atoms with Crippen molar-refractivity contribution >= 4 is 17.1 Å². The maximum Gasteiger partial charge on any atom is 0.298 e. The number of rotatable bonds is 4. The van der Waals surface area contributed by atoms with Crippen molar-refractivity contribution in [1.29, 1.82) is 0 Å². The van der Waals surface area contributed by atoms with Gasteiger partial charge in [-0.05, 0) is 37.0 Å². The van der Waals surface area contributed by atoms with Crippen molar-refractivity contribution < 1.29 is 8.81 Å². The molecule has 3 aromatic rings. The van der Waals surface area contributed by atoms with Crippen LogP contribution in [0.5, 0.6) is 0 Å². The van der Waals surface area contributed by atoms with Crippen LogP contribution in [0.3, 0.4) is 0 Å². The van der Waals surface area contributed by atoms with Gasteiger partial charge in [-0.3, -0.25) is 9.69 Å². The highest BCUT2D eigenvalue weighted by Crippen LogP contribution is 2.23. The second-order valence-electron chi connectivity index (χ2n) is 7.47. The lowest BCUT2D eigenvalue weighted by atomic mass is 10.2. The number of nitrogens with zero attached hydrogens (tertiary/aromatic N) is 5. The largest absolute Gasteiger partial charge is 0.423 e. The first-order valence-electron chi connectivity index (χ1n) is 9.79. The summed E-state index contributed by atoms with van der Waals surface area (Å²) in [5, 5.41) is 4.54. The van der Waals surface area contributed by atoms with Crippen LogP contribution in [0, 0.1) is 5.82 Å². The number of aryl methyl sites for hydroxylation is 2. The smallest absolute Gasteiger partial charge is 0.298 e. The Bertz CT molecular complexity index is 1070. The van der Waals surface area contributed by atoms with Crippen LogP contribution in [-0.2, 0) is 19.4 Å². The summed E-state index contributed by atoms with van der Waals surface area (Å²) in [7, 11) is 0. The minimum Gasteiger partial charge on any atom is -0.423 e. The van der Waals surface area contributed by atoms with E-state index in [2.05, 4.69) is 19.9 Å². The van der Waals surface area contributed by atoms with Crippen molar-refractivity contribution in [2.24, 2.45) is 0 Å². The molecule has 7 nitrogen and oxygen atoms in total. The Balaban J connectivity index is 1.20. The highest BCUT2D eigenvalue weighted by molar-refractivity contribution is 5.74. The Morgan fingerprint density at radius 2 is 1.93 bits per heavy atom. The van der Waals surface area contributed by atoms with E-state index in [1.807, 2.05) is 0 Å². The molecule has 0 N–H and O–H groups in total. The molecule has 0 saturated carbocycles. The first-order chi connectivity index (χ1) is 13.7. The number of aromatic nitrogens is 3.